The Morgan fingerprint density at radius 1 is 1.00 bits per heavy atom. The van der Waals surface area contributed by atoms with Crippen molar-refractivity contribution < 1.29 is 4.74 Å². The zero-order chi connectivity index (χ0) is 15.6. The number of nitrogens with one attached hydrogen (secondary N) is 1. The number of hydrogen-bond donors (Lipinski definition) is 1. The van der Waals surface area contributed by atoms with E-state index in [1.165, 1.54) is 22.4 Å². The van der Waals surface area contributed by atoms with Crippen LogP contribution in [-0.2, 0) is 6.54 Å². The van der Waals surface area contributed by atoms with E-state index in [0.29, 0.717) is 6.54 Å². The van der Waals surface area contributed by atoms with Crippen LogP contribution in [0.3, 0.4) is 0 Å². The third-order valence-corrected chi connectivity index (χ3v) is 4.47. The minimum atomic E-state index is 0.714. The Labute approximate surface area is 143 Å². The molecule has 2 aromatic carbocycles. The van der Waals surface area contributed by atoms with Gasteiger partial charge in [0.15, 0.2) is 0 Å². The molecule has 0 saturated carbocycles. The summed E-state index contributed by atoms with van der Waals surface area (Å²) in [6.07, 6.45) is 0. The van der Waals surface area contributed by atoms with Gasteiger partial charge in [-0.3, -0.25) is 0 Å². The van der Waals surface area contributed by atoms with Crippen LogP contribution in [0, 0.1) is 20.8 Å². The smallest absolute Gasteiger partial charge is 0.138 e. The summed E-state index contributed by atoms with van der Waals surface area (Å²) in [4.78, 5) is 0. The highest BCUT2D eigenvalue weighted by Gasteiger charge is 2.10. The first-order valence-corrected chi connectivity index (χ1v) is 8.34. The molecular weight excluding hydrogens is 394 g/mol. The number of methoxy groups -OCH3 is 1. The fraction of sp³-hybridized carbons (Fsp3) is 0.294. The predicted octanol–water partition coefficient (Wildman–Crippen LogP) is 5.76. The van der Waals surface area contributed by atoms with Gasteiger partial charge in [-0.2, -0.15) is 0 Å². The summed E-state index contributed by atoms with van der Waals surface area (Å²) in [5.74, 6) is 0.869. The van der Waals surface area contributed by atoms with Crippen LogP contribution in [0.2, 0.25) is 0 Å². The van der Waals surface area contributed by atoms with E-state index in [2.05, 4.69) is 76.1 Å². The van der Waals surface area contributed by atoms with Crippen LogP contribution in [0.25, 0.3) is 0 Å². The lowest BCUT2D eigenvalue weighted by atomic mass is 10.0. The molecular formula is C17H19Br2NO. The van der Waals surface area contributed by atoms with E-state index in [0.717, 1.165) is 20.3 Å². The first-order valence-electron chi connectivity index (χ1n) is 6.76. The second-order valence-corrected chi connectivity index (χ2v) is 6.98. The summed E-state index contributed by atoms with van der Waals surface area (Å²) in [5, 5.41) is 3.53. The van der Waals surface area contributed by atoms with Gasteiger partial charge < -0.3 is 10.1 Å². The van der Waals surface area contributed by atoms with Crippen molar-refractivity contribution in [3.05, 3.63) is 55.5 Å². The maximum atomic E-state index is 5.49. The molecule has 0 aliphatic rings. The molecule has 0 unspecified atom stereocenters. The molecule has 0 saturated heterocycles. The molecule has 0 heterocycles. The van der Waals surface area contributed by atoms with Crippen molar-refractivity contribution in [2.75, 3.05) is 12.4 Å². The number of aryl methyl sites for hydroxylation is 3. The molecule has 0 aromatic heterocycles. The summed E-state index contributed by atoms with van der Waals surface area (Å²) in [6, 6.07) is 8.47. The Hall–Kier alpha value is -1.00. The first-order chi connectivity index (χ1) is 9.92. The van der Waals surface area contributed by atoms with E-state index in [-0.39, 0.29) is 0 Å². The molecule has 4 heteroatoms. The van der Waals surface area contributed by atoms with Crippen LogP contribution in [0.4, 0.5) is 5.69 Å². The lowest BCUT2D eigenvalue weighted by Crippen LogP contribution is -2.05. The summed E-state index contributed by atoms with van der Waals surface area (Å²) >= 11 is 7.07. The maximum Gasteiger partial charge on any atom is 0.138 e. The molecule has 2 aromatic rings. The van der Waals surface area contributed by atoms with Crippen molar-refractivity contribution in [1.82, 2.24) is 0 Å². The number of hydrogen-bond acceptors (Lipinski definition) is 2. The van der Waals surface area contributed by atoms with E-state index in [1.807, 2.05) is 6.07 Å². The molecule has 0 atom stereocenters. The van der Waals surface area contributed by atoms with E-state index in [1.54, 1.807) is 7.11 Å². The number of ether oxygens (including phenoxy) is 1. The predicted molar refractivity (Wildman–Crippen MR) is 96.4 cm³/mol. The van der Waals surface area contributed by atoms with Gasteiger partial charge in [0.05, 0.1) is 11.6 Å². The normalized spacial score (nSPS) is 10.6. The van der Waals surface area contributed by atoms with Gasteiger partial charge in [0.1, 0.15) is 5.75 Å². The van der Waals surface area contributed by atoms with Crippen LogP contribution >= 0.6 is 31.9 Å². The van der Waals surface area contributed by atoms with E-state index < -0.39 is 0 Å². The lowest BCUT2D eigenvalue weighted by molar-refractivity contribution is 0.407. The second-order valence-electron chi connectivity index (χ2n) is 5.21. The second kappa shape index (κ2) is 6.84. The standard InChI is InChI=1S/C17H19Br2NO/c1-10-5-11(2)16(12(3)6-10)20-9-13-7-14(18)8-15(19)17(13)21-4/h5-8,20H,9H2,1-4H3. The molecule has 0 aliphatic heterocycles. The summed E-state index contributed by atoms with van der Waals surface area (Å²) < 4.78 is 7.48. The van der Waals surface area contributed by atoms with E-state index in [9.17, 15) is 0 Å². The van der Waals surface area contributed by atoms with Gasteiger partial charge in [-0.25, -0.2) is 0 Å². The SMILES string of the molecule is COc1c(Br)cc(Br)cc1CNc1c(C)cc(C)cc1C. The Kier molecular flexibility index (Phi) is 5.33. The fourth-order valence-corrected chi connectivity index (χ4v) is 4.09. The van der Waals surface area contributed by atoms with Gasteiger partial charge in [0, 0.05) is 22.3 Å². The van der Waals surface area contributed by atoms with Crippen LogP contribution < -0.4 is 10.1 Å². The van der Waals surface area contributed by atoms with Crippen LogP contribution in [0.1, 0.15) is 22.3 Å². The molecule has 0 amide bonds. The van der Waals surface area contributed by atoms with Crippen molar-refractivity contribution >= 4 is 37.5 Å². The Morgan fingerprint density at radius 2 is 1.62 bits per heavy atom. The molecule has 112 valence electrons. The highest BCUT2D eigenvalue weighted by atomic mass is 79.9. The average molecular weight is 413 g/mol. The molecule has 2 rings (SSSR count). The third-order valence-electron chi connectivity index (χ3n) is 3.42. The van der Waals surface area contributed by atoms with Gasteiger partial charge in [0.2, 0.25) is 0 Å². The van der Waals surface area contributed by atoms with Gasteiger partial charge in [-0.05, 0) is 60.0 Å². The molecule has 0 spiro atoms. The quantitative estimate of drug-likeness (QED) is 0.689. The molecule has 2 nitrogen and oxygen atoms in total. The van der Waals surface area contributed by atoms with Crippen molar-refractivity contribution in [2.24, 2.45) is 0 Å². The Balaban J connectivity index is 2.29. The molecule has 0 fully saturated rings. The lowest BCUT2D eigenvalue weighted by Gasteiger charge is -2.16. The first kappa shape index (κ1) is 16.4. The minimum absolute atomic E-state index is 0.714. The third kappa shape index (κ3) is 3.80. The summed E-state index contributed by atoms with van der Waals surface area (Å²) in [6.45, 7) is 7.11. The monoisotopic (exact) mass is 411 g/mol. The molecule has 0 aliphatic carbocycles. The molecule has 21 heavy (non-hydrogen) atoms. The van der Waals surface area contributed by atoms with Crippen molar-refractivity contribution in [3.8, 4) is 5.75 Å². The van der Waals surface area contributed by atoms with Crippen molar-refractivity contribution in [1.29, 1.82) is 0 Å². The zero-order valence-electron chi connectivity index (χ0n) is 12.7. The topological polar surface area (TPSA) is 21.3 Å². The number of anilines is 1. The highest BCUT2D eigenvalue weighted by molar-refractivity contribution is 9.11. The number of halogens is 2. The number of benzene rings is 2. The van der Waals surface area contributed by atoms with Crippen molar-refractivity contribution in [3.63, 3.8) is 0 Å². The van der Waals surface area contributed by atoms with Gasteiger partial charge >= 0.3 is 0 Å². The number of rotatable bonds is 4. The maximum absolute atomic E-state index is 5.49. The largest absolute Gasteiger partial charge is 0.495 e. The zero-order valence-corrected chi connectivity index (χ0v) is 15.9. The highest BCUT2D eigenvalue weighted by Crippen LogP contribution is 2.33. The van der Waals surface area contributed by atoms with Crippen LogP contribution in [0.5, 0.6) is 5.75 Å². The molecule has 1 N–H and O–H groups in total. The van der Waals surface area contributed by atoms with Gasteiger partial charge in [0.25, 0.3) is 0 Å². The molecule has 0 bridgehead atoms. The molecule has 0 radical (unpaired) electrons. The van der Waals surface area contributed by atoms with Crippen LogP contribution in [-0.4, -0.2) is 7.11 Å². The summed E-state index contributed by atoms with van der Waals surface area (Å²) in [7, 11) is 1.69. The fourth-order valence-electron chi connectivity index (χ4n) is 2.62. The Bertz CT molecular complexity index is 645. The van der Waals surface area contributed by atoms with Gasteiger partial charge in [-0.1, -0.05) is 33.6 Å². The van der Waals surface area contributed by atoms with E-state index >= 15 is 0 Å². The summed E-state index contributed by atoms with van der Waals surface area (Å²) in [5.41, 5.74) is 6.12. The van der Waals surface area contributed by atoms with Crippen molar-refractivity contribution in [2.45, 2.75) is 27.3 Å². The van der Waals surface area contributed by atoms with E-state index in [4.69, 9.17) is 4.74 Å². The average Bonchev–Trinajstić information content (AvgIpc) is 2.36. The van der Waals surface area contributed by atoms with Gasteiger partial charge in [-0.15, -0.1) is 0 Å². The van der Waals surface area contributed by atoms with Crippen LogP contribution in [0.15, 0.2) is 33.2 Å². The Morgan fingerprint density at radius 3 is 2.19 bits per heavy atom. The minimum Gasteiger partial charge on any atom is -0.495 e.